The number of para-hydroxylation sites is 4. The summed E-state index contributed by atoms with van der Waals surface area (Å²) >= 11 is 0. The van der Waals surface area contributed by atoms with Crippen molar-refractivity contribution in [2.45, 2.75) is 0 Å². The second-order valence-electron chi connectivity index (χ2n) is 4.04. The number of nitrogens with zero attached hydrogens (tertiary/aromatic N) is 4. The lowest BCUT2D eigenvalue weighted by Crippen LogP contribution is -2.11. The highest BCUT2D eigenvalue weighted by Gasteiger charge is 2.30. The van der Waals surface area contributed by atoms with Crippen LogP contribution in [0.2, 0.25) is 0 Å². The van der Waals surface area contributed by atoms with Crippen LogP contribution in [0, 0.1) is 30.6 Å². The topological polar surface area (TPSA) is 138 Å². The Morgan fingerprint density at radius 3 is 1.09 bits per heavy atom. The van der Waals surface area contributed by atoms with Gasteiger partial charge in [-0.2, -0.15) is 0 Å². The highest BCUT2D eigenvalue weighted by Crippen LogP contribution is 2.30. The lowest BCUT2D eigenvalue weighted by atomic mass is 10.2. The van der Waals surface area contributed by atoms with Crippen molar-refractivity contribution >= 4 is 22.7 Å². The predicted octanol–water partition coefficient (Wildman–Crippen LogP) is 2.94. The third kappa shape index (κ3) is 2.65. The second kappa shape index (κ2) is 5.83. The van der Waals surface area contributed by atoms with Gasteiger partial charge in [-0.15, -0.1) is 0 Å². The van der Waals surface area contributed by atoms with E-state index in [2.05, 4.69) is 0 Å². The minimum absolute atomic E-state index is 0.305. The van der Waals surface area contributed by atoms with E-state index in [9.17, 15) is 30.6 Å². The second-order valence-corrected chi connectivity index (χ2v) is 4.04. The molecule has 0 aliphatic heterocycles. The van der Waals surface area contributed by atoms with Crippen molar-refractivity contribution in [2.24, 2.45) is 0 Å². The third-order valence-corrected chi connectivity index (χ3v) is 2.73. The van der Waals surface area contributed by atoms with Gasteiger partial charge < -0.3 is 10.4 Å². The Labute approximate surface area is 122 Å². The Bertz CT molecular complexity index is 723. The molecule has 0 spiro atoms. The van der Waals surface area contributed by atoms with Gasteiger partial charge in [-0.3, -0.25) is 20.2 Å². The number of hydrogen-bond donors (Lipinski definition) is 0. The van der Waals surface area contributed by atoms with E-state index in [1.54, 1.807) is 0 Å². The van der Waals surface area contributed by atoms with E-state index in [-0.39, 0.29) is 9.72 Å². The van der Waals surface area contributed by atoms with Gasteiger partial charge in [-0.1, -0.05) is 24.3 Å². The van der Waals surface area contributed by atoms with Crippen molar-refractivity contribution in [1.29, 1.82) is 0 Å². The van der Waals surface area contributed by atoms with Gasteiger partial charge in [-0.25, -0.2) is 0 Å². The van der Waals surface area contributed by atoms with Crippen LogP contribution in [0.3, 0.4) is 0 Å². The summed E-state index contributed by atoms with van der Waals surface area (Å²) in [7, 11) is 0. The van der Waals surface area contributed by atoms with Gasteiger partial charge in [0.2, 0.25) is 0 Å². The molecule has 0 fully saturated rings. The van der Waals surface area contributed by atoms with Crippen LogP contribution < -0.4 is 0 Å². The van der Waals surface area contributed by atoms with Crippen LogP contribution >= 0.6 is 0 Å². The van der Waals surface area contributed by atoms with E-state index in [1.165, 1.54) is 24.3 Å². The molecule has 0 atom stereocenters. The van der Waals surface area contributed by atoms with Gasteiger partial charge in [0.1, 0.15) is 0 Å². The van der Waals surface area contributed by atoms with Crippen molar-refractivity contribution in [3.05, 3.63) is 79.2 Å². The molecule has 0 saturated heterocycles. The zero-order valence-electron chi connectivity index (χ0n) is 10.9. The fourth-order valence-corrected chi connectivity index (χ4v) is 1.76. The summed E-state index contributed by atoms with van der Waals surface area (Å²) in [6.45, 7) is 0. The van der Waals surface area contributed by atoms with Gasteiger partial charge in [0, 0.05) is 24.3 Å². The van der Waals surface area contributed by atoms with E-state index in [4.69, 9.17) is 0 Å². The molecule has 2 aromatic rings. The molecule has 0 N–H and O–H groups in total. The molecular formula is C12H8N4O6. The summed E-state index contributed by atoms with van der Waals surface area (Å²) in [4.78, 5) is 19.5. The maximum Gasteiger partial charge on any atom is 0.364 e. The van der Waals surface area contributed by atoms with Gasteiger partial charge in [0.25, 0.3) is 0 Å². The van der Waals surface area contributed by atoms with E-state index in [1.807, 2.05) is 0 Å². The molecule has 0 aromatic heterocycles. The van der Waals surface area contributed by atoms with E-state index in [0.717, 1.165) is 24.3 Å². The molecule has 2 rings (SSSR count). The summed E-state index contributed by atoms with van der Waals surface area (Å²) < 4.78 is 0. The fraction of sp³-hybridized carbons (Fsp3) is 0. The zero-order valence-corrected chi connectivity index (χ0v) is 10.9. The van der Waals surface area contributed by atoms with Gasteiger partial charge in [-0.05, 0) is 0 Å². The van der Waals surface area contributed by atoms with Crippen molar-refractivity contribution in [1.82, 2.24) is 0 Å². The Balaban J connectivity index is 2.65. The SMILES string of the molecule is O=[N+]([O-])c1ccccc1/[N+]([O-])=[N+](\[O-])c1ccccc1[N+](=O)[O-]. The Morgan fingerprint density at radius 2 is 0.818 bits per heavy atom. The molecule has 112 valence electrons. The van der Waals surface area contributed by atoms with Crippen molar-refractivity contribution in [3.63, 3.8) is 0 Å². The molecule has 0 amide bonds. The van der Waals surface area contributed by atoms with E-state index >= 15 is 0 Å². The van der Waals surface area contributed by atoms with E-state index < -0.39 is 32.6 Å². The number of hydrogen-bond acceptors (Lipinski definition) is 6. The lowest BCUT2D eigenvalue weighted by molar-refractivity contribution is -0.897. The van der Waals surface area contributed by atoms with Crippen molar-refractivity contribution < 1.29 is 19.6 Å². The van der Waals surface area contributed by atoms with Gasteiger partial charge in [0.15, 0.2) is 0 Å². The van der Waals surface area contributed by atoms with Crippen LogP contribution in [-0.2, 0) is 0 Å². The molecule has 22 heavy (non-hydrogen) atoms. The Kier molecular flexibility index (Phi) is 3.93. The first-order valence-electron chi connectivity index (χ1n) is 5.84. The van der Waals surface area contributed by atoms with Crippen LogP contribution in [0.15, 0.2) is 48.5 Å². The first-order chi connectivity index (χ1) is 10.4. The summed E-state index contributed by atoms with van der Waals surface area (Å²) in [6, 6.07) is 9.57. The van der Waals surface area contributed by atoms with Crippen molar-refractivity contribution in [2.75, 3.05) is 0 Å². The zero-order chi connectivity index (χ0) is 16.3. The Hall–Kier alpha value is -3.56. The molecular weight excluding hydrogens is 296 g/mol. The standard InChI is InChI=1S/C12H8N4O6/c17-13(9-5-1-3-7-11(9)15(19)20)14(18)10-6-2-4-8-12(10)16(21)22/h1-8H/b14-13+. The molecule has 0 unspecified atom stereocenters. The van der Waals surface area contributed by atoms with Crippen LogP contribution in [0.25, 0.3) is 0 Å². The monoisotopic (exact) mass is 304 g/mol. The fourth-order valence-electron chi connectivity index (χ4n) is 1.76. The van der Waals surface area contributed by atoms with Crippen molar-refractivity contribution in [3.8, 4) is 0 Å². The molecule has 0 heterocycles. The average Bonchev–Trinajstić information content (AvgIpc) is 2.53. The molecule has 0 bridgehead atoms. The largest absolute Gasteiger partial charge is 0.560 e. The highest BCUT2D eigenvalue weighted by atomic mass is 16.6. The van der Waals surface area contributed by atoms with Gasteiger partial charge in [0.05, 0.1) is 19.6 Å². The molecule has 10 heteroatoms. The number of benzene rings is 2. The van der Waals surface area contributed by atoms with Crippen LogP contribution in [0.5, 0.6) is 0 Å². The minimum atomic E-state index is -0.826. The number of nitro benzene ring substituents is 2. The highest BCUT2D eigenvalue weighted by molar-refractivity contribution is 5.53. The predicted molar refractivity (Wildman–Crippen MR) is 72.8 cm³/mol. The quantitative estimate of drug-likeness (QED) is 0.368. The van der Waals surface area contributed by atoms with Crippen LogP contribution in [-0.4, -0.2) is 19.6 Å². The maximum atomic E-state index is 12.0. The summed E-state index contributed by atoms with van der Waals surface area (Å²) in [6.07, 6.45) is 0. The van der Waals surface area contributed by atoms with Crippen LogP contribution in [0.4, 0.5) is 22.7 Å². The third-order valence-electron chi connectivity index (χ3n) is 2.73. The first-order valence-corrected chi connectivity index (χ1v) is 5.84. The maximum absolute atomic E-state index is 12.0. The number of nitro groups is 2. The van der Waals surface area contributed by atoms with Gasteiger partial charge >= 0.3 is 22.7 Å². The smallest absolute Gasteiger partial charge is 0.364 e. The molecule has 0 aliphatic rings. The normalized spacial score (nSPS) is 11.6. The average molecular weight is 304 g/mol. The van der Waals surface area contributed by atoms with E-state index in [0.29, 0.717) is 0 Å². The molecule has 0 radical (unpaired) electrons. The Morgan fingerprint density at radius 1 is 0.545 bits per heavy atom. The minimum Gasteiger partial charge on any atom is -0.560 e. The summed E-state index contributed by atoms with van der Waals surface area (Å²) in [5, 5.41) is 45.8. The molecule has 0 aliphatic carbocycles. The summed E-state index contributed by atoms with van der Waals surface area (Å²) in [5.74, 6) is 0. The molecule has 10 nitrogen and oxygen atoms in total. The number of azo groups is 1. The number of rotatable bonds is 4. The van der Waals surface area contributed by atoms with Crippen LogP contribution in [0.1, 0.15) is 0 Å². The summed E-state index contributed by atoms with van der Waals surface area (Å²) in [5.41, 5.74) is -2.23. The molecule has 2 aromatic carbocycles. The molecule has 0 saturated carbocycles. The lowest BCUT2D eigenvalue weighted by Gasteiger charge is -2.03. The first kappa shape index (κ1) is 14.8.